The van der Waals surface area contributed by atoms with Crippen molar-refractivity contribution in [3.63, 3.8) is 0 Å². The number of hydrogen-bond acceptors (Lipinski definition) is 4. The molecule has 0 aromatic rings. The molecular weight excluding hydrogens is 200 g/mol. The summed E-state index contributed by atoms with van der Waals surface area (Å²) in [6.07, 6.45) is 4.30. The van der Waals surface area contributed by atoms with Gasteiger partial charge in [0.15, 0.2) is 0 Å². The fourth-order valence-corrected chi connectivity index (χ4v) is 1.36. The maximum absolute atomic E-state index is 4.96. The monoisotopic (exact) mass is 210 g/mol. The first-order valence-electron chi connectivity index (χ1n) is 3.09. The normalized spacial score (nSPS) is 9.30. The lowest BCUT2D eigenvalue weighted by molar-refractivity contribution is 0.812. The van der Waals surface area contributed by atoms with Crippen LogP contribution >= 0.6 is 46.9 Å². The molecule has 0 saturated carbocycles. The Morgan fingerprint density at radius 2 is 2.20 bits per heavy atom. The van der Waals surface area contributed by atoms with Crippen LogP contribution < -0.4 is 0 Å². The molecule has 0 amide bonds. The molecule has 0 bridgehead atoms. The van der Waals surface area contributed by atoms with Gasteiger partial charge in [-0.05, 0) is 31.1 Å². The van der Waals surface area contributed by atoms with Crippen molar-refractivity contribution in [2.45, 2.75) is 25.7 Å². The Kier molecular flexibility index (Phi) is 8.68. The van der Waals surface area contributed by atoms with Crippen LogP contribution in [0.1, 0.15) is 25.7 Å². The fourth-order valence-electron chi connectivity index (χ4n) is 0.543. The van der Waals surface area contributed by atoms with Crippen molar-refractivity contribution in [1.82, 2.24) is 0 Å². The van der Waals surface area contributed by atoms with Crippen LogP contribution in [0.3, 0.4) is 0 Å². The maximum atomic E-state index is 4.96. The van der Waals surface area contributed by atoms with Crippen LogP contribution in [0.4, 0.5) is 0 Å². The van der Waals surface area contributed by atoms with Crippen molar-refractivity contribution < 1.29 is 0 Å². The fraction of sp³-hybridized carbons (Fsp3) is 0.667. The number of unbranched alkanes of at least 4 members (excludes halogenated alkanes) is 2. The van der Waals surface area contributed by atoms with Gasteiger partial charge in [-0.2, -0.15) is 0 Å². The highest BCUT2D eigenvalue weighted by Gasteiger charge is 1.93. The van der Waals surface area contributed by atoms with Gasteiger partial charge in [-0.25, -0.2) is 0 Å². The van der Waals surface area contributed by atoms with Gasteiger partial charge in [0.2, 0.25) is 0 Å². The molecule has 0 unspecified atom stereocenters. The summed E-state index contributed by atoms with van der Waals surface area (Å²) in [5.41, 5.74) is 0. The van der Waals surface area contributed by atoms with Gasteiger partial charge in [0.1, 0.15) is 0 Å². The van der Waals surface area contributed by atoms with Crippen molar-refractivity contribution in [2.24, 2.45) is 0 Å². The van der Waals surface area contributed by atoms with Gasteiger partial charge in [-0.3, -0.25) is 0 Å². The molecule has 0 saturated heterocycles. The van der Waals surface area contributed by atoms with Gasteiger partial charge in [0.05, 0.1) is 4.20 Å². The first kappa shape index (κ1) is 10.9. The van der Waals surface area contributed by atoms with Crippen molar-refractivity contribution in [2.75, 3.05) is 0 Å². The minimum absolute atomic E-state index is 0.979. The highest BCUT2D eigenvalue weighted by atomic mass is 33.1. The van der Waals surface area contributed by atoms with Gasteiger partial charge in [-0.1, -0.05) is 35.2 Å². The van der Waals surface area contributed by atoms with Crippen molar-refractivity contribution in [1.29, 1.82) is 0 Å². The molecule has 0 aromatic heterocycles. The molecule has 0 fully saturated rings. The molecule has 0 radical (unpaired) electrons. The molecule has 0 spiro atoms. The quantitative estimate of drug-likeness (QED) is 0.320. The minimum atomic E-state index is 0.979. The molecule has 0 aromatic carbocycles. The van der Waals surface area contributed by atoms with E-state index in [2.05, 4.69) is 23.9 Å². The molecule has 4 heteroatoms. The summed E-state index contributed by atoms with van der Waals surface area (Å²) in [6, 6.07) is 0. The maximum Gasteiger partial charge on any atom is 0.0584 e. The summed E-state index contributed by atoms with van der Waals surface area (Å²) in [5.74, 6) is 0. The molecule has 0 aliphatic carbocycles. The Morgan fingerprint density at radius 1 is 1.50 bits per heavy atom. The van der Waals surface area contributed by atoms with E-state index in [0.717, 1.165) is 29.9 Å². The molecule has 0 atom stereocenters. The van der Waals surface area contributed by atoms with Gasteiger partial charge in [0.25, 0.3) is 0 Å². The van der Waals surface area contributed by atoms with Crippen molar-refractivity contribution in [3.05, 3.63) is 0 Å². The molecule has 0 aliphatic heterocycles. The zero-order valence-electron chi connectivity index (χ0n) is 5.58. The van der Waals surface area contributed by atoms with E-state index in [1.54, 1.807) is 5.37 Å². The molecule has 0 aliphatic rings. The van der Waals surface area contributed by atoms with Crippen molar-refractivity contribution in [3.8, 4) is 0 Å². The van der Waals surface area contributed by atoms with Gasteiger partial charge in [0, 0.05) is 0 Å². The lowest BCUT2D eigenvalue weighted by atomic mass is 10.2. The van der Waals surface area contributed by atoms with Crippen LogP contribution in [-0.2, 0) is 0 Å². The van der Waals surface area contributed by atoms with E-state index < -0.39 is 0 Å². The summed E-state index contributed by atoms with van der Waals surface area (Å²) < 4.78 is 0.979. The van der Waals surface area contributed by atoms with E-state index in [1.807, 2.05) is 0 Å². The van der Waals surface area contributed by atoms with Gasteiger partial charge < -0.3 is 0 Å². The zero-order valence-corrected chi connectivity index (χ0v) is 8.92. The first-order valence-corrected chi connectivity index (χ1v) is 5.84. The van der Waals surface area contributed by atoms with Crippen LogP contribution in [0.15, 0.2) is 0 Å². The molecular formula is C6H10S4. The van der Waals surface area contributed by atoms with Gasteiger partial charge in [-0.15, -0.1) is 11.7 Å². The Bertz CT molecular complexity index is 110. The third-order valence-corrected chi connectivity index (χ3v) is 3.18. The predicted molar refractivity (Wildman–Crippen MR) is 61.3 cm³/mol. The molecule has 10 heavy (non-hydrogen) atoms. The second-order valence-corrected chi connectivity index (χ2v) is 4.18. The Morgan fingerprint density at radius 3 is 2.70 bits per heavy atom. The standard InChI is InChI=1S/C6H10S4/c7-5-3-1-2-4-6(8)10-9/h5,9H,1-4H2. The molecule has 0 heterocycles. The molecule has 0 rings (SSSR count). The Balaban J connectivity index is 3.03. The van der Waals surface area contributed by atoms with Gasteiger partial charge >= 0.3 is 0 Å². The van der Waals surface area contributed by atoms with E-state index in [0.29, 0.717) is 0 Å². The highest BCUT2D eigenvalue weighted by molar-refractivity contribution is 8.76. The second kappa shape index (κ2) is 7.98. The molecule has 58 valence electrons. The average Bonchev–Trinajstić information content (AvgIpc) is 1.98. The van der Waals surface area contributed by atoms with E-state index in [-0.39, 0.29) is 0 Å². The highest BCUT2D eigenvalue weighted by Crippen LogP contribution is 2.14. The predicted octanol–water partition coefficient (Wildman–Crippen LogP) is 3.45. The summed E-state index contributed by atoms with van der Waals surface area (Å²) in [5, 5.41) is 1.77. The third-order valence-electron chi connectivity index (χ3n) is 1.05. The topological polar surface area (TPSA) is 0 Å². The largest absolute Gasteiger partial charge is 0.106 e. The number of hydrogen-bond donors (Lipinski definition) is 1. The Hall–Kier alpha value is 0.880. The van der Waals surface area contributed by atoms with Crippen LogP contribution in [0.5, 0.6) is 0 Å². The lowest BCUT2D eigenvalue weighted by Gasteiger charge is -1.95. The second-order valence-electron chi connectivity index (χ2n) is 1.88. The van der Waals surface area contributed by atoms with Crippen LogP contribution in [0.25, 0.3) is 0 Å². The number of thiol groups is 1. The smallest absolute Gasteiger partial charge is 0.0584 e. The van der Waals surface area contributed by atoms with Crippen LogP contribution in [0, 0.1) is 0 Å². The Labute approximate surface area is 82.0 Å². The third kappa shape index (κ3) is 6.99. The lowest BCUT2D eigenvalue weighted by Crippen LogP contribution is -1.85. The van der Waals surface area contributed by atoms with E-state index in [9.17, 15) is 0 Å². The van der Waals surface area contributed by atoms with E-state index in [4.69, 9.17) is 12.2 Å². The minimum Gasteiger partial charge on any atom is -0.106 e. The zero-order chi connectivity index (χ0) is 7.82. The SMILES string of the molecule is S=CCCCCC(=S)SS. The van der Waals surface area contributed by atoms with Crippen LogP contribution in [-0.4, -0.2) is 9.56 Å². The molecule has 0 N–H and O–H groups in total. The first-order chi connectivity index (χ1) is 4.81. The molecule has 0 nitrogen and oxygen atoms in total. The van der Waals surface area contributed by atoms with Crippen LogP contribution in [0.2, 0.25) is 0 Å². The van der Waals surface area contributed by atoms with Crippen molar-refractivity contribution >= 4 is 56.5 Å². The summed E-state index contributed by atoms with van der Waals surface area (Å²) in [4.78, 5) is 0. The van der Waals surface area contributed by atoms with E-state index in [1.165, 1.54) is 10.8 Å². The summed E-state index contributed by atoms with van der Waals surface area (Å²) >= 11 is 13.6. The number of thiocarbonyl (C=S) groups is 2. The van der Waals surface area contributed by atoms with E-state index >= 15 is 0 Å². The summed E-state index contributed by atoms with van der Waals surface area (Å²) in [7, 11) is 1.37. The number of rotatable bonds is 5. The average molecular weight is 210 g/mol. The summed E-state index contributed by atoms with van der Waals surface area (Å²) in [6.45, 7) is 0.